The number of hydrogen-bond donors (Lipinski definition) is 2. The van der Waals surface area contributed by atoms with Crippen LogP contribution in [0.3, 0.4) is 0 Å². The second-order valence-corrected chi connectivity index (χ2v) is 29.9. The Hall–Kier alpha value is -8.57. The summed E-state index contributed by atoms with van der Waals surface area (Å²) in [6.45, 7) is 20.9. The van der Waals surface area contributed by atoms with E-state index in [1.807, 2.05) is 97.1 Å². The molecule has 0 saturated heterocycles. The third-order valence-corrected chi connectivity index (χ3v) is 21.0. The molecule has 0 fully saturated rings. The van der Waals surface area contributed by atoms with Gasteiger partial charge in [0.15, 0.2) is 0 Å². The van der Waals surface area contributed by atoms with Crippen molar-refractivity contribution in [2.75, 3.05) is 0 Å². The van der Waals surface area contributed by atoms with Gasteiger partial charge in [-0.1, -0.05) is 199 Å². The maximum Gasteiger partial charge on any atom is 0.128 e. The first-order valence-electron chi connectivity index (χ1n) is 31.8. The summed E-state index contributed by atoms with van der Waals surface area (Å²) in [7, 11) is -1.75. The fourth-order valence-electron chi connectivity index (χ4n) is 11.1. The quantitative estimate of drug-likeness (QED) is 0.0554. The first-order valence-corrected chi connectivity index (χ1v) is 34.8. The summed E-state index contributed by atoms with van der Waals surface area (Å²) in [6, 6.07) is 110. The van der Waals surface area contributed by atoms with Crippen molar-refractivity contribution in [2.45, 2.75) is 86.5 Å². The Morgan fingerprint density at radius 1 is 0.326 bits per heavy atom. The fourth-order valence-corrected chi connectivity index (χ4v) is 16.2. The van der Waals surface area contributed by atoms with Crippen molar-refractivity contribution in [3.05, 3.63) is 371 Å². The van der Waals surface area contributed by atoms with Crippen LogP contribution < -0.4 is 31.8 Å². The van der Waals surface area contributed by atoms with Crippen LogP contribution >= 0.6 is 15.8 Å². The van der Waals surface area contributed by atoms with Crippen LogP contribution in [-0.2, 0) is 50.2 Å². The van der Waals surface area contributed by atoms with Gasteiger partial charge in [0.25, 0.3) is 0 Å². The van der Waals surface area contributed by atoms with E-state index in [0.717, 1.165) is 62.3 Å². The second kappa shape index (κ2) is 38.1. The molecule has 0 aliphatic heterocycles. The minimum absolute atomic E-state index is 0. The molecule has 2 N–H and O–H groups in total. The summed E-state index contributed by atoms with van der Waals surface area (Å²) in [4.78, 5) is 9.60. The zero-order valence-electron chi connectivity index (χ0n) is 56.2. The van der Waals surface area contributed by atoms with E-state index in [-0.39, 0.29) is 43.8 Å². The number of phenolic OH excluding ortho intramolecular Hbond substituents is 2. The minimum atomic E-state index is -0.877. The Morgan fingerprint density at radius 2 is 0.558 bits per heavy atom. The molecule has 12 aromatic carbocycles. The van der Waals surface area contributed by atoms with E-state index >= 15 is 0 Å². The molecule has 0 radical (unpaired) electrons. The molecule has 12 aromatic rings. The number of rotatable bonds is 12. The van der Waals surface area contributed by atoms with Gasteiger partial charge >= 0.3 is 0 Å². The number of phenols is 2. The minimum Gasteiger partial charge on any atom is -0.507 e. The Balaban J connectivity index is 0.000000225. The summed E-state index contributed by atoms with van der Waals surface area (Å²) in [5, 5.41) is 30.3. The molecule has 0 aliphatic carbocycles. The third kappa shape index (κ3) is 22.8. The molecule has 12 rings (SSSR count). The molecule has 0 heterocycles. The van der Waals surface area contributed by atoms with Crippen molar-refractivity contribution >= 4 is 71.5 Å². The summed E-state index contributed by atoms with van der Waals surface area (Å²) >= 11 is 0. The van der Waals surface area contributed by atoms with E-state index < -0.39 is 15.8 Å². The SMILES string of the molecule is Cc1cc(Cc2cc(C)c(N=Cc3cccc(C(C)(C)C)c3O)c(C)c2)cc(C)c1N=Cc1cccc(C(C)(C)C)c1O.[Ni].[Ni].[c-]1ccccc1.[c-]1ccccc1.c1ccc([PH+](c2ccccc2)c2ccccc2)cc1.c1ccc([PH+](c2ccccc2)c2ccccc2)cc1. The van der Waals surface area contributed by atoms with Gasteiger partial charge in [-0.2, -0.15) is 72.8 Å². The normalized spacial score (nSPS) is 10.9. The number of para-hydroxylation sites is 2. The summed E-state index contributed by atoms with van der Waals surface area (Å²) in [6.07, 6.45) is 4.34. The van der Waals surface area contributed by atoms with Gasteiger partial charge in [-0.25, -0.2) is 0 Å². The van der Waals surface area contributed by atoms with Crippen molar-refractivity contribution in [2.24, 2.45) is 9.98 Å². The van der Waals surface area contributed by atoms with Gasteiger partial charge in [-0.3, -0.25) is 9.98 Å². The molecule has 0 bridgehead atoms. The van der Waals surface area contributed by atoms with E-state index in [4.69, 9.17) is 9.98 Å². The van der Waals surface area contributed by atoms with Crippen LogP contribution in [0, 0.1) is 39.8 Å². The maximum absolute atomic E-state index is 10.8. The molecule has 4 nitrogen and oxygen atoms in total. The molecule has 0 spiro atoms. The van der Waals surface area contributed by atoms with Crippen LogP contribution in [-0.4, -0.2) is 22.6 Å². The molecule has 488 valence electrons. The van der Waals surface area contributed by atoms with Crippen molar-refractivity contribution in [3.63, 3.8) is 0 Å². The number of hydrogen-bond acceptors (Lipinski definition) is 4. The van der Waals surface area contributed by atoms with Crippen LogP contribution in [0.2, 0.25) is 0 Å². The maximum atomic E-state index is 10.8. The zero-order chi connectivity index (χ0) is 66.0. The van der Waals surface area contributed by atoms with Crippen LogP contribution in [0.15, 0.2) is 313 Å². The van der Waals surface area contributed by atoms with Crippen LogP contribution in [0.4, 0.5) is 11.4 Å². The number of aryl methyl sites for hydroxylation is 4. The van der Waals surface area contributed by atoms with E-state index in [1.54, 1.807) is 12.4 Å². The molecular weight excluding hydrogens is 1280 g/mol. The number of aromatic hydroxyl groups is 2. The van der Waals surface area contributed by atoms with Gasteiger partial charge in [0.05, 0.1) is 27.2 Å². The Bertz CT molecular complexity index is 3680. The molecular formula is C87H88N2Ni2O2P2. The first-order chi connectivity index (χ1) is 45.0. The summed E-state index contributed by atoms with van der Waals surface area (Å²) in [5.74, 6) is 0.582. The molecule has 95 heavy (non-hydrogen) atoms. The standard InChI is InChI=1S/C39H46N2O2.2C18H15P.2C6H5.2Ni/c1-24-17-28(18-25(2)34(24)40-22-30-13-11-15-32(36(30)42)38(5,6)7)21-29-19-26(3)35(27(4)20-29)41-23-31-14-12-16-33(37(31)43)39(8,9)10;2*1-4-10-16(11-5-1)19(17-12-6-2-7-13-17)18-14-8-3-9-15-18;2*1-2-4-6-5-3-1;;/h11-20,22-23,42-43H,21H2,1-10H3;2*1-15H;2*1-5H;;/q;;;2*-1;;/p+2. The fraction of sp³-hybridized carbons (Fsp3) is 0.149. The Labute approximate surface area is 589 Å². The second-order valence-electron chi connectivity index (χ2n) is 24.9. The molecule has 8 heteroatoms. The molecule has 0 saturated carbocycles. The first kappa shape index (κ1) is 75.5. The van der Waals surface area contributed by atoms with Crippen molar-refractivity contribution in [1.29, 1.82) is 0 Å². The van der Waals surface area contributed by atoms with Crippen LogP contribution in [0.25, 0.3) is 0 Å². The average molecular weight is 1370 g/mol. The van der Waals surface area contributed by atoms with Crippen molar-refractivity contribution < 1.29 is 43.2 Å². The van der Waals surface area contributed by atoms with E-state index in [0.29, 0.717) is 11.5 Å². The monoisotopic (exact) mass is 1370 g/mol. The topological polar surface area (TPSA) is 65.2 Å². The van der Waals surface area contributed by atoms with Gasteiger partial charge in [-0.15, -0.1) is 0 Å². The predicted octanol–water partition coefficient (Wildman–Crippen LogP) is 19.3. The molecule has 0 aromatic heterocycles. The average Bonchev–Trinajstić information content (AvgIpc) is 0.968. The van der Waals surface area contributed by atoms with Gasteiger partial charge in [0.1, 0.15) is 43.3 Å². The van der Waals surface area contributed by atoms with E-state index in [1.165, 1.54) is 43.0 Å². The molecule has 0 amide bonds. The van der Waals surface area contributed by atoms with Gasteiger partial charge < -0.3 is 10.2 Å². The zero-order valence-corrected chi connectivity index (χ0v) is 60.1. The predicted molar refractivity (Wildman–Crippen MR) is 406 cm³/mol. The summed E-state index contributed by atoms with van der Waals surface area (Å²) < 4.78 is 0. The van der Waals surface area contributed by atoms with Crippen molar-refractivity contribution in [1.82, 2.24) is 0 Å². The smallest absolute Gasteiger partial charge is 0.128 e. The third-order valence-electron chi connectivity index (χ3n) is 15.5. The Kier molecular flexibility index (Phi) is 30.3. The molecule has 0 unspecified atom stereocenters. The number of benzene rings is 12. The summed E-state index contributed by atoms with van der Waals surface area (Å²) in [5.41, 5.74) is 11.7. The van der Waals surface area contributed by atoms with Crippen LogP contribution in [0.5, 0.6) is 11.5 Å². The van der Waals surface area contributed by atoms with E-state index in [9.17, 15) is 10.2 Å². The largest absolute Gasteiger partial charge is 0.507 e. The number of nitrogens with zero attached hydrogens (tertiary/aromatic N) is 2. The van der Waals surface area contributed by atoms with E-state index in [2.05, 4.69) is 288 Å². The van der Waals surface area contributed by atoms with Gasteiger partial charge in [0, 0.05) is 56.5 Å². The van der Waals surface area contributed by atoms with Gasteiger partial charge in [-0.05, 0) is 174 Å². The van der Waals surface area contributed by atoms with Gasteiger partial charge in [0.2, 0.25) is 0 Å². The molecule has 0 atom stereocenters. The Morgan fingerprint density at radius 3 is 0.758 bits per heavy atom. The molecule has 0 aliphatic rings. The van der Waals surface area contributed by atoms with Crippen molar-refractivity contribution in [3.8, 4) is 11.5 Å². The van der Waals surface area contributed by atoms with Crippen LogP contribution in [0.1, 0.15) is 97.2 Å². The number of aliphatic imine (C=N–C) groups is 2.